The molecule has 0 bridgehead atoms. The lowest BCUT2D eigenvalue weighted by Crippen LogP contribution is -2.51. The smallest absolute Gasteiger partial charge is 0.240 e. The van der Waals surface area contributed by atoms with Crippen molar-refractivity contribution in [2.45, 2.75) is 38.1 Å². The third-order valence-corrected chi connectivity index (χ3v) is 5.47. The van der Waals surface area contributed by atoms with E-state index in [2.05, 4.69) is 11.4 Å². The first-order valence-electron chi connectivity index (χ1n) is 5.90. The molecular formula is C11H16N2O3S. The number of nitrogens with zero attached hydrogens (tertiary/aromatic N) is 1. The second-order valence-electron chi connectivity index (χ2n) is 4.97. The Labute approximate surface area is 101 Å². The van der Waals surface area contributed by atoms with Crippen molar-refractivity contribution in [3.05, 3.63) is 0 Å². The molecule has 1 atom stereocenters. The van der Waals surface area contributed by atoms with Gasteiger partial charge in [0.2, 0.25) is 5.91 Å². The summed E-state index contributed by atoms with van der Waals surface area (Å²) in [7, 11) is -3.02. The van der Waals surface area contributed by atoms with Crippen LogP contribution in [0.4, 0.5) is 0 Å². The third-order valence-electron chi connectivity index (χ3n) is 3.65. The zero-order chi connectivity index (χ0) is 12.5. The van der Waals surface area contributed by atoms with Crippen LogP contribution < -0.4 is 5.32 Å². The summed E-state index contributed by atoms with van der Waals surface area (Å²) < 4.78 is 22.9. The fraction of sp³-hybridized carbons (Fsp3) is 0.818. The highest BCUT2D eigenvalue weighted by Gasteiger charge is 2.45. The Bertz CT molecular complexity index is 460. The van der Waals surface area contributed by atoms with Crippen LogP contribution in [0.3, 0.4) is 0 Å². The van der Waals surface area contributed by atoms with E-state index in [1.54, 1.807) is 0 Å². The zero-order valence-electron chi connectivity index (χ0n) is 9.61. The van der Waals surface area contributed by atoms with E-state index in [1.165, 1.54) is 0 Å². The minimum absolute atomic E-state index is 0.0141. The molecule has 5 nitrogen and oxygen atoms in total. The van der Waals surface area contributed by atoms with Gasteiger partial charge in [-0.05, 0) is 32.1 Å². The molecule has 1 amide bonds. The predicted molar refractivity (Wildman–Crippen MR) is 61.7 cm³/mol. The molecule has 1 aliphatic heterocycles. The Balaban J connectivity index is 1.98. The van der Waals surface area contributed by atoms with Crippen LogP contribution in [0.25, 0.3) is 0 Å². The van der Waals surface area contributed by atoms with Crippen molar-refractivity contribution >= 4 is 15.7 Å². The Morgan fingerprint density at radius 2 is 2.06 bits per heavy atom. The Kier molecular flexibility index (Phi) is 3.13. The summed E-state index contributed by atoms with van der Waals surface area (Å²) in [5.74, 6) is -0.0587. The fourth-order valence-corrected chi connectivity index (χ4v) is 4.02. The van der Waals surface area contributed by atoms with Gasteiger partial charge in [0.1, 0.15) is 5.41 Å². The van der Waals surface area contributed by atoms with Crippen molar-refractivity contribution in [3.63, 3.8) is 0 Å². The Hall–Kier alpha value is -1.09. The maximum Gasteiger partial charge on any atom is 0.240 e. The standard InChI is InChI=1S/C11H16N2O3S/c12-8-11(4-2-5-11)10(14)13-9-3-1-6-17(15,16)7-9/h9H,1-7H2,(H,13,14). The number of hydrogen-bond acceptors (Lipinski definition) is 4. The van der Waals surface area contributed by atoms with Crippen LogP contribution >= 0.6 is 0 Å². The lowest BCUT2D eigenvalue weighted by Gasteiger charge is -2.35. The van der Waals surface area contributed by atoms with Crippen molar-refractivity contribution in [1.82, 2.24) is 5.32 Å². The molecule has 0 spiro atoms. The van der Waals surface area contributed by atoms with E-state index < -0.39 is 15.3 Å². The Morgan fingerprint density at radius 3 is 2.53 bits per heavy atom. The van der Waals surface area contributed by atoms with E-state index in [1.807, 2.05) is 0 Å². The number of sulfone groups is 1. The van der Waals surface area contributed by atoms with Crippen LogP contribution in [-0.4, -0.2) is 31.9 Å². The molecule has 2 rings (SSSR count). The predicted octanol–water partition coefficient (Wildman–Crippen LogP) is 0.374. The first kappa shape index (κ1) is 12.4. The number of nitrogens with one attached hydrogen (secondary N) is 1. The number of nitriles is 1. The topological polar surface area (TPSA) is 87.0 Å². The molecule has 0 aromatic carbocycles. The van der Waals surface area contributed by atoms with Crippen molar-refractivity contribution in [3.8, 4) is 6.07 Å². The molecule has 94 valence electrons. The summed E-state index contributed by atoms with van der Waals surface area (Å²) in [4.78, 5) is 11.9. The van der Waals surface area contributed by atoms with Gasteiger partial charge >= 0.3 is 0 Å². The van der Waals surface area contributed by atoms with Gasteiger partial charge in [0.05, 0.1) is 17.6 Å². The molecule has 2 fully saturated rings. The number of rotatable bonds is 2. The van der Waals surface area contributed by atoms with Gasteiger partial charge in [0, 0.05) is 6.04 Å². The van der Waals surface area contributed by atoms with Crippen molar-refractivity contribution in [2.75, 3.05) is 11.5 Å². The second kappa shape index (κ2) is 4.30. The first-order chi connectivity index (χ1) is 7.97. The summed E-state index contributed by atoms with van der Waals surface area (Å²) in [5.41, 5.74) is -0.888. The molecule has 17 heavy (non-hydrogen) atoms. The van der Waals surface area contributed by atoms with Crippen molar-refractivity contribution < 1.29 is 13.2 Å². The molecule has 1 N–H and O–H groups in total. The summed E-state index contributed by atoms with van der Waals surface area (Å²) in [5, 5.41) is 11.7. The molecule has 6 heteroatoms. The van der Waals surface area contributed by atoms with Gasteiger partial charge in [0.25, 0.3) is 0 Å². The summed E-state index contributed by atoms with van der Waals surface area (Å²) in [6.07, 6.45) is 3.35. The van der Waals surface area contributed by atoms with Gasteiger partial charge in [-0.1, -0.05) is 0 Å². The molecule has 1 saturated heterocycles. The van der Waals surface area contributed by atoms with Crippen LogP contribution in [-0.2, 0) is 14.6 Å². The summed E-state index contributed by atoms with van der Waals surface area (Å²) in [6.45, 7) is 0. The van der Waals surface area contributed by atoms with Crippen LogP contribution in [0.2, 0.25) is 0 Å². The third kappa shape index (κ3) is 2.44. The van der Waals surface area contributed by atoms with Crippen LogP contribution in [0.15, 0.2) is 0 Å². The maximum absolute atomic E-state index is 11.9. The van der Waals surface area contributed by atoms with Crippen LogP contribution in [0, 0.1) is 16.7 Å². The highest BCUT2D eigenvalue weighted by molar-refractivity contribution is 7.91. The highest BCUT2D eigenvalue weighted by atomic mass is 32.2. The van der Waals surface area contributed by atoms with Gasteiger partial charge in [0.15, 0.2) is 9.84 Å². The van der Waals surface area contributed by atoms with Gasteiger partial charge in [-0.2, -0.15) is 5.26 Å². The van der Waals surface area contributed by atoms with Gasteiger partial charge in [-0.3, -0.25) is 4.79 Å². The Morgan fingerprint density at radius 1 is 1.35 bits per heavy atom. The summed E-state index contributed by atoms with van der Waals surface area (Å²) in [6, 6.07) is 1.75. The van der Waals surface area contributed by atoms with Crippen LogP contribution in [0.1, 0.15) is 32.1 Å². The zero-order valence-corrected chi connectivity index (χ0v) is 10.4. The molecular weight excluding hydrogens is 240 g/mol. The number of amides is 1. The number of carbonyl (C=O) groups excluding carboxylic acids is 1. The molecule has 0 radical (unpaired) electrons. The lowest BCUT2D eigenvalue weighted by molar-refractivity contribution is -0.132. The molecule has 1 aliphatic carbocycles. The average molecular weight is 256 g/mol. The van der Waals surface area contributed by atoms with Crippen LogP contribution in [0.5, 0.6) is 0 Å². The average Bonchev–Trinajstić information content (AvgIpc) is 2.14. The van der Waals surface area contributed by atoms with Gasteiger partial charge < -0.3 is 5.32 Å². The normalized spacial score (nSPS) is 29.7. The largest absolute Gasteiger partial charge is 0.351 e. The van der Waals surface area contributed by atoms with E-state index in [4.69, 9.17) is 5.26 Å². The SMILES string of the molecule is N#CC1(C(=O)NC2CCCS(=O)(=O)C2)CCC1. The van der Waals surface area contributed by atoms with E-state index in [-0.39, 0.29) is 23.5 Å². The molecule has 1 unspecified atom stereocenters. The molecule has 2 aliphatic rings. The van der Waals surface area contributed by atoms with Gasteiger partial charge in [-0.15, -0.1) is 0 Å². The lowest BCUT2D eigenvalue weighted by atomic mass is 9.69. The fourth-order valence-electron chi connectivity index (χ4n) is 2.38. The minimum atomic E-state index is -3.02. The highest BCUT2D eigenvalue weighted by Crippen LogP contribution is 2.40. The van der Waals surface area contributed by atoms with E-state index in [9.17, 15) is 13.2 Å². The minimum Gasteiger partial charge on any atom is -0.351 e. The number of carbonyl (C=O) groups is 1. The molecule has 0 aromatic heterocycles. The maximum atomic E-state index is 11.9. The van der Waals surface area contributed by atoms with Crippen molar-refractivity contribution in [2.24, 2.45) is 5.41 Å². The number of hydrogen-bond donors (Lipinski definition) is 1. The molecule has 1 heterocycles. The second-order valence-corrected chi connectivity index (χ2v) is 7.20. The van der Waals surface area contributed by atoms with E-state index in [0.29, 0.717) is 25.7 Å². The first-order valence-corrected chi connectivity index (χ1v) is 7.72. The van der Waals surface area contributed by atoms with E-state index >= 15 is 0 Å². The van der Waals surface area contributed by atoms with Crippen molar-refractivity contribution in [1.29, 1.82) is 5.26 Å². The van der Waals surface area contributed by atoms with E-state index in [0.717, 1.165) is 6.42 Å². The monoisotopic (exact) mass is 256 g/mol. The quantitative estimate of drug-likeness (QED) is 0.773. The molecule has 1 saturated carbocycles. The van der Waals surface area contributed by atoms with Gasteiger partial charge in [-0.25, -0.2) is 8.42 Å². The molecule has 0 aromatic rings. The summed E-state index contributed by atoms with van der Waals surface area (Å²) >= 11 is 0.